The van der Waals surface area contributed by atoms with Crippen molar-refractivity contribution in [1.82, 2.24) is 14.5 Å². The fourth-order valence-electron chi connectivity index (χ4n) is 2.96. The SMILES string of the molecule is COc1ccc(Br)cc1-c1nc(Cn2c(C(F)(F)F)nc3ccccc32)cs1. The van der Waals surface area contributed by atoms with Crippen molar-refractivity contribution >= 4 is 38.3 Å². The number of hydrogen-bond acceptors (Lipinski definition) is 4. The molecule has 28 heavy (non-hydrogen) atoms. The van der Waals surface area contributed by atoms with E-state index in [9.17, 15) is 13.2 Å². The lowest BCUT2D eigenvalue weighted by Crippen LogP contribution is -2.15. The van der Waals surface area contributed by atoms with Crippen molar-refractivity contribution in [3.63, 3.8) is 0 Å². The summed E-state index contributed by atoms with van der Waals surface area (Å²) in [6.07, 6.45) is -4.55. The van der Waals surface area contributed by atoms with E-state index in [1.807, 2.05) is 18.2 Å². The molecule has 0 saturated heterocycles. The molecule has 0 atom stereocenters. The first-order valence-electron chi connectivity index (χ1n) is 8.17. The molecule has 0 fully saturated rings. The number of rotatable bonds is 4. The molecule has 0 aliphatic rings. The lowest BCUT2D eigenvalue weighted by Gasteiger charge is -2.10. The third kappa shape index (κ3) is 3.51. The predicted molar refractivity (Wildman–Crippen MR) is 106 cm³/mol. The molecular formula is C19H13BrF3N3OS. The summed E-state index contributed by atoms with van der Waals surface area (Å²) in [6, 6.07) is 12.1. The van der Waals surface area contributed by atoms with Gasteiger partial charge in [0.2, 0.25) is 5.82 Å². The largest absolute Gasteiger partial charge is 0.496 e. The number of imidazole rings is 1. The molecule has 0 spiro atoms. The highest BCUT2D eigenvalue weighted by Crippen LogP contribution is 2.36. The van der Waals surface area contributed by atoms with E-state index in [-0.39, 0.29) is 6.54 Å². The number of hydrogen-bond donors (Lipinski definition) is 0. The van der Waals surface area contributed by atoms with Crippen molar-refractivity contribution in [2.45, 2.75) is 12.7 Å². The van der Waals surface area contributed by atoms with E-state index in [1.54, 1.807) is 36.8 Å². The van der Waals surface area contributed by atoms with Gasteiger partial charge in [-0.05, 0) is 30.3 Å². The lowest BCUT2D eigenvalue weighted by atomic mass is 10.2. The summed E-state index contributed by atoms with van der Waals surface area (Å²) in [7, 11) is 1.56. The minimum absolute atomic E-state index is 0.0256. The summed E-state index contributed by atoms with van der Waals surface area (Å²) in [5.41, 5.74) is 2.03. The van der Waals surface area contributed by atoms with Gasteiger partial charge in [-0.3, -0.25) is 0 Å². The Kier molecular flexibility index (Phi) is 4.88. The minimum atomic E-state index is -4.55. The van der Waals surface area contributed by atoms with E-state index in [0.717, 1.165) is 14.6 Å². The van der Waals surface area contributed by atoms with Gasteiger partial charge in [0.05, 0.1) is 35.9 Å². The van der Waals surface area contributed by atoms with Crippen LogP contribution in [0.5, 0.6) is 5.75 Å². The first-order valence-corrected chi connectivity index (χ1v) is 9.85. The van der Waals surface area contributed by atoms with Crippen LogP contribution in [0.3, 0.4) is 0 Å². The second-order valence-corrected chi connectivity index (χ2v) is 7.77. The highest BCUT2D eigenvalue weighted by Gasteiger charge is 2.37. The molecule has 2 aromatic carbocycles. The van der Waals surface area contributed by atoms with Gasteiger partial charge in [0.1, 0.15) is 10.8 Å². The third-order valence-corrected chi connectivity index (χ3v) is 5.59. The zero-order valence-corrected chi connectivity index (χ0v) is 16.9. The lowest BCUT2D eigenvalue weighted by molar-refractivity contribution is -0.146. The van der Waals surface area contributed by atoms with Gasteiger partial charge in [-0.25, -0.2) is 9.97 Å². The maximum atomic E-state index is 13.5. The Labute approximate surface area is 170 Å². The Balaban J connectivity index is 1.75. The van der Waals surface area contributed by atoms with Crippen LogP contribution in [0.1, 0.15) is 11.5 Å². The number of ether oxygens (including phenoxy) is 1. The molecule has 0 N–H and O–H groups in total. The van der Waals surface area contributed by atoms with E-state index in [0.29, 0.717) is 27.5 Å². The molecule has 0 saturated carbocycles. The second kappa shape index (κ2) is 7.21. The molecule has 0 radical (unpaired) electrons. The molecule has 0 unspecified atom stereocenters. The van der Waals surface area contributed by atoms with E-state index in [1.165, 1.54) is 11.3 Å². The van der Waals surface area contributed by atoms with Crippen LogP contribution in [-0.2, 0) is 12.7 Å². The van der Waals surface area contributed by atoms with E-state index in [4.69, 9.17) is 4.74 Å². The van der Waals surface area contributed by atoms with Gasteiger partial charge in [-0.1, -0.05) is 28.1 Å². The number of alkyl halides is 3. The van der Waals surface area contributed by atoms with Gasteiger partial charge in [-0.2, -0.15) is 13.2 Å². The van der Waals surface area contributed by atoms with Crippen molar-refractivity contribution in [2.75, 3.05) is 7.11 Å². The van der Waals surface area contributed by atoms with Crippen LogP contribution >= 0.6 is 27.3 Å². The fourth-order valence-corrected chi connectivity index (χ4v) is 4.16. The van der Waals surface area contributed by atoms with Crippen molar-refractivity contribution < 1.29 is 17.9 Å². The average Bonchev–Trinajstić information content (AvgIpc) is 3.27. The summed E-state index contributed by atoms with van der Waals surface area (Å²) < 4.78 is 47.8. The van der Waals surface area contributed by atoms with Crippen molar-refractivity contribution in [3.05, 3.63) is 63.8 Å². The molecule has 2 heterocycles. The van der Waals surface area contributed by atoms with Crippen LogP contribution in [0.2, 0.25) is 0 Å². The van der Waals surface area contributed by atoms with Gasteiger partial charge >= 0.3 is 6.18 Å². The first-order chi connectivity index (χ1) is 13.4. The van der Waals surface area contributed by atoms with Gasteiger partial charge in [-0.15, -0.1) is 11.3 Å². The molecular weight excluding hydrogens is 455 g/mol. The zero-order valence-electron chi connectivity index (χ0n) is 14.5. The van der Waals surface area contributed by atoms with Gasteiger partial charge < -0.3 is 9.30 Å². The topological polar surface area (TPSA) is 39.9 Å². The van der Waals surface area contributed by atoms with E-state index in [2.05, 4.69) is 25.9 Å². The summed E-state index contributed by atoms with van der Waals surface area (Å²) in [5.74, 6) is -0.281. The fraction of sp³-hybridized carbons (Fsp3) is 0.158. The summed E-state index contributed by atoms with van der Waals surface area (Å²) in [5, 5.41) is 2.43. The van der Waals surface area contributed by atoms with Crippen LogP contribution in [0.4, 0.5) is 13.2 Å². The van der Waals surface area contributed by atoms with E-state index < -0.39 is 12.0 Å². The summed E-state index contributed by atoms with van der Waals surface area (Å²) in [4.78, 5) is 8.31. The number of halogens is 4. The Morgan fingerprint density at radius 2 is 1.93 bits per heavy atom. The van der Waals surface area contributed by atoms with Crippen LogP contribution in [-0.4, -0.2) is 21.6 Å². The Morgan fingerprint density at radius 1 is 1.14 bits per heavy atom. The molecule has 0 aliphatic heterocycles. The van der Waals surface area contributed by atoms with Gasteiger partial charge in [0, 0.05) is 9.85 Å². The number of thiazole rings is 1. The number of aromatic nitrogens is 3. The molecule has 0 amide bonds. The third-order valence-electron chi connectivity index (χ3n) is 4.17. The normalized spacial score (nSPS) is 11.9. The summed E-state index contributed by atoms with van der Waals surface area (Å²) in [6.45, 7) is -0.0256. The highest BCUT2D eigenvalue weighted by atomic mass is 79.9. The predicted octanol–water partition coefficient (Wildman–Crippen LogP) is 6.00. The first kappa shape index (κ1) is 18.9. The molecule has 0 aliphatic carbocycles. The maximum Gasteiger partial charge on any atom is 0.449 e. The number of fused-ring (bicyclic) bond motifs is 1. The van der Waals surface area contributed by atoms with Crippen LogP contribution in [0, 0.1) is 0 Å². The Bertz CT molecular complexity index is 1150. The van der Waals surface area contributed by atoms with Crippen molar-refractivity contribution in [2.24, 2.45) is 0 Å². The Hall–Kier alpha value is -2.39. The average molecular weight is 468 g/mol. The standard InChI is InChI=1S/C19H13BrF3N3OS/c1-27-16-7-6-11(20)8-13(16)17-24-12(10-28-17)9-26-15-5-3-2-4-14(15)25-18(26)19(21,22)23/h2-8,10H,9H2,1H3. The molecule has 4 aromatic rings. The molecule has 4 rings (SSSR count). The number of methoxy groups -OCH3 is 1. The second-order valence-electron chi connectivity index (χ2n) is 6.00. The Morgan fingerprint density at radius 3 is 2.68 bits per heavy atom. The summed E-state index contributed by atoms with van der Waals surface area (Å²) >= 11 is 4.78. The number of para-hydroxylation sites is 2. The number of nitrogens with zero attached hydrogens (tertiary/aromatic N) is 3. The molecule has 4 nitrogen and oxygen atoms in total. The maximum absolute atomic E-state index is 13.5. The van der Waals surface area contributed by atoms with Crippen molar-refractivity contribution in [3.8, 4) is 16.3 Å². The molecule has 144 valence electrons. The van der Waals surface area contributed by atoms with Gasteiger partial charge in [0.15, 0.2) is 0 Å². The molecule has 9 heteroatoms. The number of benzene rings is 2. The molecule has 0 bridgehead atoms. The quantitative estimate of drug-likeness (QED) is 0.369. The van der Waals surface area contributed by atoms with Crippen LogP contribution in [0.25, 0.3) is 21.6 Å². The van der Waals surface area contributed by atoms with Crippen LogP contribution in [0.15, 0.2) is 52.3 Å². The highest BCUT2D eigenvalue weighted by molar-refractivity contribution is 9.10. The minimum Gasteiger partial charge on any atom is -0.496 e. The van der Waals surface area contributed by atoms with Crippen LogP contribution < -0.4 is 4.74 Å². The van der Waals surface area contributed by atoms with E-state index >= 15 is 0 Å². The van der Waals surface area contributed by atoms with Gasteiger partial charge in [0.25, 0.3) is 0 Å². The monoisotopic (exact) mass is 467 g/mol. The molecule has 2 aromatic heterocycles. The smallest absolute Gasteiger partial charge is 0.449 e. The van der Waals surface area contributed by atoms with Crippen molar-refractivity contribution in [1.29, 1.82) is 0 Å². The zero-order chi connectivity index (χ0) is 19.9.